The van der Waals surface area contributed by atoms with Gasteiger partial charge in [0.05, 0.1) is 5.92 Å². The fourth-order valence-corrected chi connectivity index (χ4v) is 6.23. The highest BCUT2D eigenvalue weighted by Crippen LogP contribution is 2.48. The van der Waals surface area contributed by atoms with Gasteiger partial charge in [0.2, 0.25) is 0 Å². The lowest BCUT2D eigenvalue weighted by molar-refractivity contribution is -0.145. The molecule has 176 valence electrons. The molecule has 3 aliphatic rings. The molecular weight excluding hydrogens is 390 g/mol. The van der Waals surface area contributed by atoms with Gasteiger partial charge in [-0.1, -0.05) is 34.6 Å². The maximum atomic E-state index is 13.3. The molecule has 2 fully saturated rings. The van der Waals surface area contributed by atoms with Crippen LogP contribution in [-0.2, 0) is 9.59 Å². The third kappa shape index (κ3) is 5.09. The lowest BCUT2D eigenvalue weighted by atomic mass is 9.68. The number of carboxylic acids is 1. The monoisotopic (exact) mass is 433 g/mol. The fraction of sp³-hybridized carbons (Fsp3) is 0.880. The van der Waals surface area contributed by atoms with Gasteiger partial charge in [-0.15, -0.1) is 0 Å². The smallest absolute Gasteiger partial charge is 0.306 e. The second-order valence-electron chi connectivity index (χ2n) is 11.8. The van der Waals surface area contributed by atoms with Crippen molar-refractivity contribution in [2.24, 2.45) is 39.8 Å². The Labute approximate surface area is 188 Å². The molecule has 1 amide bonds. The second-order valence-corrected chi connectivity index (χ2v) is 11.8. The summed E-state index contributed by atoms with van der Waals surface area (Å²) in [4.78, 5) is 31.7. The summed E-state index contributed by atoms with van der Waals surface area (Å²) >= 11 is 0. The lowest BCUT2D eigenvalue weighted by Crippen LogP contribution is -2.57. The van der Waals surface area contributed by atoms with E-state index in [0.717, 1.165) is 51.4 Å². The van der Waals surface area contributed by atoms with Crippen molar-refractivity contribution in [1.82, 2.24) is 4.90 Å². The second kappa shape index (κ2) is 9.11. The van der Waals surface area contributed by atoms with E-state index in [0.29, 0.717) is 30.6 Å². The van der Waals surface area contributed by atoms with Gasteiger partial charge in [0.25, 0.3) is 5.91 Å². The number of nitrogens with two attached hydrogens (primary N) is 1. The molecule has 0 unspecified atom stereocenters. The summed E-state index contributed by atoms with van der Waals surface area (Å²) in [7, 11) is 0. The van der Waals surface area contributed by atoms with Crippen molar-refractivity contribution in [3.8, 4) is 0 Å². The van der Waals surface area contributed by atoms with Gasteiger partial charge in [0.1, 0.15) is 5.66 Å². The Hall–Kier alpha value is -1.59. The van der Waals surface area contributed by atoms with Gasteiger partial charge >= 0.3 is 5.97 Å². The van der Waals surface area contributed by atoms with Gasteiger partial charge in [-0.3, -0.25) is 9.59 Å². The third-order valence-corrected chi connectivity index (χ3v) is 8.26. The van der Waals surface area contributed by atoms with E-state index in [-0.39, 0.29) is 29.1 Å². The third-order valence-electron chi connectivity index (χ3n) is 8.26. The Bertz CT molecular complexity index is 693. The summed E-state index contributed by atoms with van der Waals surface area (Å²) < 4.78 is 0. The molecule has 0 saturated heterocycles. The standard InChI is InChI=1S/C25H43N3O3/c1-16(2)6-11-20(17-7-9-18(10-8-17)23(30)31)28-22(29)21(26)27-25(28)14-12-19(13-15-25)24(3,4)5/h16-20H,6-15H2,1-5H3,(H2,26,27)(H,30,31)/t17?,18?,19?,20-,25?/m1/s1. The highest BCUT2D eigenvalue weighted by molar-refractivity contribution is 6.38. The van der Waals surface area contributed by atoms with Crippen LogP contribution in [0, 0.1) is 29.1 Å². The van der Waals surface area contributed by atoms with E-state index in [9.17, 15) is 14.7 Å². The number of amides is 1. The van der Waals surface area contributed by atoms with E-state index in [1.54, 1.807) is 0 Å². The SMILES string of the molecule is CC(C)CC[C@H](C1CCC(C(=O)O)CC1)N1C(=O)C(N)=NC12CCC(C(C)(C)C)CC2. The number of hydrogen-bond donors (Lipinski definition) is 2. The zero-order valence-corrected chi connectivity index (χ0v) is 20.2. The maximum Gasteiger partial charge on any atom is 0.306 e. The molecule has 0 radical (unpaired) electrons. The summed E-state index contributed by atoms with van der Waals surface area (Å²) in [5.41, 5.74) is 5.93. The van der Waals surface area contributed by atoms with Crippen LogP contribution in [0.4, 0.5) is 0 Å². The van der Waals surface area contributed by atoms with Gasteiger partial charge in [0, 0.05) is 6.04 Å². The van der Waals surface area contributed by atoms with Crippen molar-refractivity contribution in [1.29, 1.82) is 0 Å². The topological polar surface area (TPSA) is 96.0 Å². The summed E-state index contributed by atoms with van der Waals surface area (Å²) in [6, 6.07) is 0.0978. The first-order valence-electron chi connectivity index (χ1n) is 12.4. The van der Waals surface area contributed by atoms with Crippen molar-refractivity contribution >= 4 is 17.7 Å². The van der Waals surface area contributed by atoms with E-state index in [4.69, 9.17) is 10.7 Å². The number of carbonyl (C=O) groups excluding carboxylic acids is 1. The zero-order valence-electron chi connectivity index (χ0n) is 20.2. The van der Waals surface area contributed by atoms with Crippen LogP contribution in [0.15, 0.2) is 4.99 Å². The molecule has 0 aromatic heterocycles. The van der Waals surface area contributed by atoms with Crippen LogP contribution in [-0.4, -0.2) is 39.4 Å². The van der Waals surface area contributed by atoms with Gasteiger partial charge in [0.15, 0.2) is 5.84 Å². The molecule has 3 rings (SSSR count). The van der Waals surface area contributed by atoms with Crippen molar-refractivity contribution in [3.05, 3.63) is 0 Å². The van der Waals surface area contributed by atoms with Crippen LogP contribution < -0.4 is 5.73 Å². The molecule has 0 bridgehead atoms. The summed E-state index contributed by atoms with van der Waals surface area (Å²) in [5, 5.41) is 9.42. The Balaban J connectivity index is 1.84. The number of rotatable bonds is 6. The minimum atomic E-state index is -0.682. The molecule has 2 aliphatic carbocycles. The van der Waals surface area contributed by atoms with Gasteiger partial charge in [-0.05, 0) is 87.4 Å². The van der Waals surface area contributed by atoms with Crippen LogP contribution in [0.5, 0.6) is 0 Å². The lowest BCUT2D eigenvalue weighted by Gasteiger charge is -2.49. The molecule has 2 saturated carbocycles. The average molecular weight is 434 g/mol. The first kappa shape index (κ1) is 24.1. The van der Waals surface area contributed by atoms with Crippen LogP contribution in [0.25, 0.3) is 0 Å². The summed E-state index contributed by atoms with van der Waals surface area (Å²) in [6.07, 6.45) is 9.01. The zero-order chi connectivity index (χ0) is 23.0. The van der Waals surface area contributed by atoms with Crippen molar-refractivity contribution in [2.45, 2.75) is 111 Å². The van der Waals surface area contributed by atoms with E-state index in [1.165, 1.54) is 0 Å². The molecule has 1 atom stereocenters. The van der Waals surface area contributed by atoms with E-state index < -0.39 is 11.6 Å². The molecule has 1 spiro atoms. The number of amidine groups is 1. The number of nitrogens with zero attached hydrogens (tertiary/aromatic N) is 2. The fourth-order valence-electron chi connectivity index (χ4n) is 6.23. The summed E-state index contributed by atoms with van der Waals surface area (Å²) in [5.74, 6) is 0.671. The largest absolute Gasteiger partial charge is 0.481 e. The molecular formula is C25H43N3O3. The van der Waals surface area contributed by atoms with Crippen molar-refractivity contribution < 1.29 is 14.7 Å². The Morgan fingerprint density at radius 1 is 1.13 bits per heavy atom. The van der Waals surface area contributed by atoms with Crippen LogP contribution >= 0.6 is 0 Å². The van der Waals surface area contributed by atoms with Crippen LogP contribution in [0.3, 0.4) is 0 Å². The first-order valence-corrected chi connectivity index (χ1v) is 12.4. The number of aliphatic carboxylic acids is 1. The first-order chi connectivity index (χ1) is 14.4. The van der Waals surface area contributed by atoms with Gasteiger partial charge < -0.3 is 15.7 Å². The van der Waals surface area contributed by atoms with E-state index in [1.807, 2.05) is 0 Å². The Kier molecular flexibility index (Phi) is 7.07. The molecule has 6 heteroatoms. The number of hydrogen-bond acceptors (Lipinski definition) is 4. The normalized spacial score (nSPS) is 33.1. The van der Waals surface area contributed by atoms with E-state index in [2.05, 4.69) is 39.5 Å². The molecule has 1 heterocycles. The molecule has 1 aliphatic heterocycles. The molecule has 3 N–H and O–H groups in total. The van der Waals surface area contributed by atoms with Crippen molar-refractivity contribution in [2.75, 3.05) is 0 Å². The van der Waals surface area contributed by atoms with Crippen molar-refractivity contribution in [3.63, 3.8) is 0 Å². The van der Waals surface area contributed by atoms with Crippen LogP contribution in [0.1, 0.15) is 98.8 Å². The quantitative estimate of drug-likeness (QED) is 0.628. The van der Waals surface area contributed by atoms with Gasteiger partial charge in [-0.2, -0.15) is 0 Å². The molecule has 31 heavy (non-hydrogen) atoms. The van der Waals surface area contributed by atoms with Gasteiger partial charge in [-0.25, -0.2) is 4.99 Å². The Morgan fingerprint density at radius 2 is 1.71 bits per heavy atom. The highest BCUT2D eigenvalue weighted by Gasteiger charge is 2.53. The van der Waals surface area contributed by atoms with Crippen LogP contribution in [0.2, 0.25) is 0 Å². The highest BCUT2D eigenvalue weighted by atomic mass is 16.4. The maximum absolute atomic E-state index is 13.3. The number of carbonyl (C=O) groups is 2. The minimum Gasteiger partial charge on any atom is -0.481 e. The minimum absolute atomic E-state index is 0.0941. The molecule has 0 aromatic rings. The summed E-state index contributed by atoms with van der Waals surface area (Å²) in [6.45, 7) is 11.4. The average Bonchev–Trinajstić information content (AvgIpc) is 2.92. The van der Waals surface area contributed by atoms with E-state index >= 15 is 0 Å². The number of carboxylic acid groups (broad SMARTS) is 1. The predicted molar refractivity (Wildman–Crippen MR) is 124 cm³/mol. The Morgan fingerprint density at radius 3 is 2.19 bits per heavy atom. The molecule has 0 aromatic carbocycles. The predicted octanol–water partition coefficient (Wildman–Crippen LogP) is 4.81. The molecule has 6 nitrogen and oxygen atoms in total. The number of aliphatic imine (C=N–C) groups is 1.